The van der Waals surface area contributed by atoms with Crippen molar-refractivity contribution < 1.29 is 18.7 Å². The van der Waals surface area contributed by atoms with Gasteiger partial charge in [-0.2, -0.15) is 0 Å². The van der Waals surface area contributed by atoms with Crippen LogP contribution < -0.4 is 10.1 Å². The van der Waals surface area contributed by atoms with Crippen LogP contribution in [0.25, 0.3) is 11.1 Å². The Hall–Kier alpha value is -3.78. The van der Waals surface area contributed by atoms with Gasteiger partial charge >= 0.3 is 6.09 Å². The summed E-state index contributed by atoms with van der Waals surface area (Å²) in [5.74, 6) is 6.05. The van der Waals surface area contributed by atoms with Crippen LogP contribution in [0.1, 0.15) is 36.0 Å². The molecule has 4 rings (SSSR count). The van der Waals surface area contributed by atoms with E-state index < -0.39 is 6.09 Å². The van der Waals surface area contributed by atoms with E-state index in [1.807, 2.05) is 31.2 Å². The number of hydrogen-bond acceptors (Lipinski definition) is 3. The molecule has 3 aromatic carbocycles. The van der Waals surface area contributed by atoms with Crippen molar-refractivity contribution in [2.45, 2.75) is 19.3 Å². The molecule has 162 valence electrons. The summed E-state index contributed by atoms with van der Waals surface area (Å²) in [6.07, 6.45) is -0.0684. The fraction of sp³-hybridized carbons (Fsp3) is 0.222. The van der Waals surface area contributed by atoms with Gasteiger partial charge in [-0.15, -0.1) is 0 Å². The molecular formula is C27H24FNO3. The molecule has 5 heteroatoms. The molecule has 0 fully saturated rings. The molecule has 0 spiro atoms. The summed E-state index contributed by atoms with van der Waals surface area (Å²) in [6.45, 7) is 2.94. The predicted octanol–water partition coefficient (Wildman–Crippen LogP) is 5.50. The number of ether oxygens (including phenoxy) is 2. The van der Waals surface area contributed by atoms with Gasteiger partial charge in [-0.1, -0.05) is 60.4 Å². The van der Waals surface area contributed by atoms with Crippen molar-refractivity contribution in [2.24, 2.45) is 0 Å². The first-order valence-electron chi connectivity index (χ1n) is 10.7. The average Bonchev–Trinajstić information content (AvgIpc) is 3.13. The number of nitrogens with one attached hydrogen (secondary N) is 1. The van der Waals surface area contributed by atoms with Crippen LogP contribution in [-0.4, -0.2) is 25.9 Å². The van der Waals surface area contributed by atoms with Crippen LogP contribution in [0.4, 0.5) is 9.18 Å². The summed E-state index contributed by atoms with van der Waals surface area (Å²) in [7, 11) is 0. The number of hydrogen-bond donors (Lipinski definition) is 1. The van der Waals surface area contributed by atoms with Crippen LogP contribution in [0.3, 0.4) is 0 Å². The minimum Gasteiger partial charge on any atom is -0.493 e. The van der Waals surface area contributed by atoms with E-state index >= 15 is 0 Å². The maximum Gasteiger partial charge on any atom is 0.407 e. The molecule has 1 aliphatic carbocycles. The largest absolute Gasteiger partial charge is 0.493 e. The lowest BCUT2D eigenvalue weighted by Gasteiger charge is -2.14. The number of carbonyl (C=O) groups excluding carboxylic acids is 1. The first kappa shape index (κ1) is 21.5. The van der Waals surface area contributed by atoms with Crippen molar-refractivity contribution in [3.63, 3.8) is 0 Å². The van der Waals surface area contributed by atoms with Gasteiger partial charge in [0.15, 0.2) is 0 Å². The highest BCUT2D eigenvalue weighted by atomic mass is 19.1. The van der Waals surface area contributed by atoms with E-state index in [2.05, 4.69) is 41.4 Å². The molecule has 4 nitrogen and oxygen atoms in total. The number of benzene rings is 3. The quantitative estimate of drug-likeness (QED) is 0.416. The van der Waals surface area contributed by atoms with Gasteiger partial charge in [0, 0.05) is 18.9 Å². The molecule has 3 aromatic rings. The number of rotatable bonds is 6. The third-order valence-electron chi connectivity index (χ3n) is 5.33. The summed E-state index contributed by atoms with van der Waals surface area (Å²) < 4.78 is 24.4. The Morgan fingerprint density at radius 2 is 1.72 bits per heavy atom. The van der Waals surface area contributed by atoms with Crippen molar-refractivity contribution >= 4 is 6.09 Å². The van der Waals surface area contributed by atoms with Crippen LogP contribution >= 0.6 is 0 Å². The van der Waals surface area contributed by atoms with Crippen LogP contribution in [-0.2, 0) is 4.74 Å². The van der Waals surface area contributed by atoms with Crippen LogP contribution in [0.15, 0.2) is 66.7 Å². The second-order valence-electron chi connectivity index (χ2n) is 7.38. The fourth-order valence-corrected chi connectivity index (χ4v) is 3.92. The number of amides is 1. The van der Waals surface area contributed by atoms with E-state index in [0.29, 0.717) is 30.9 Å². The summed E-state index contributed by atoms with van der Waals surface area (Å²) in [5.41, 5.74) is 5.22. The van der Waals surface area contributed by atoms with Gasteiger partial charge < -0.3 is 14.8 Å². The summed E-state index contributed by atoms with van der Waals surface area (Å²) in [5, 5.41) is 2.72. The third kappa shape index (κ3) is 4.76. The minimum absolute atomic E-state index is 0.0258. The Bertz CT molecular complexity index is 1130. The van der Waals surface area contributed by atoms with Gasteiger partial charge in [0.1, 0.15) is 18.2 Å². The molecule has 0 heterocycles. The van der Waals surface area contributed by atoms with E-state index in [4.69, 9.17) is 9.47 Å². The van der Waals surface area contributed by atoms with Crippen LogP contribution in [0.2, 0.25) is 0 Å². The molecule has 0 bridgehead atoms. The molecule has 0 saturated carbocycles. The van der Waals surface area contributed by atoms with E-state index in [-0.39, 0.29) is 18.3 Å². The smallest absolute Gasteiger partial charge is 0.407 e. The molecule has 0 aromatic heterocycles. The van der Waals surface area contributed by atoms with Crippen LogP contribution in [0, 0.1) is 17.7 Å². The molecule has 0 atom stereocenters. The highest BCUT2D eigenvalue weighted by Gasteiger charge is 2.28. The maximum absolute atomic E-state index is 13.5. The summed E-state index contributed by atoms with van der Waals surface area (Å²) in [6, 6.07) is 20.7. The highest BCUT2D eigenvalue weighted by Crippen LogP contribution is 2.44. The van der Waals surface area contributed by atoms with Crippen LogP contribution in [0.5, 0.6) is 5.75 Å². The van der Waals surface area contributed by atoms with Gasteiger partial charge in [-0.05, 0) is 47.4 Å². The summed E-state index contributed by atoms with van der Waals surface area (Å²) in [4.78, 5) is 12.2. The third-order valence-corrected chi connectivity index (χ3v) is 5.33. The normalized spacial score (nSPS) is 11.7. The Balaban J connectivity index is 1.29. The lowest BCUT2D eigenvalue weighted by Crippen LogP contribution is -2.26. The monoisotopic (exact) mass is 429 g/mol. The molecular weight excluding hydrogens is 405 g/mol. The standard InChI is InChI=1S/C27H24FNO3/c1-2-31-26-15-14-20(28)17-19(26)9-7-8-16-29-27(30)32-18-25-23-12-5-3-10-21(23)22-11-4-6-13-24(22)25/h3-6,10-15,17,25H,2,8,16,18H2,1H3,(H,29,30). The van der Waals surface area contributed by atoms with E-state index in [1.54, 1.807) is 6.07 Å². The molecule has 1 N–H and O–H groups in total. The first-order valence-corrected chi connectivity index (χ1v) is 10.7. The lowest BCUT2D eigenvalue weighted by atomic mass is 9.98. The molecule has 1 amide bonds. The van der Waals surface area contributed by atoms with Crippen molar-refractivity contribution in [1.29, 1.82) is 0 Å². The predicted molar refractivity (Wildman–Crippen MR) is 122 cm³/mol. The topological polar surface area (TPSA) is 47.6 Å². The van der Waals surface area contributed by atoms with Crippen molar-refractivity contribution in [3.05, 3.63) is 89.2 Å². The first-order chi connectivity index (χ1) is 15.7. The average molecular weight is 429 g/mol. The van der Waals surface area contributed by atoms with E-state index in [9.17, 15) is 9.18 Å². The number of fused-ring (bicyclic) bond motifs is 3. The van der Waals surface area contributed by atoms with Crippen molar-refractivity contribution in [1.82, 2.24) is 5.32 Å². The molecule has 0 radical (unpaired) electrons. The number of carbonyl (C=O) groups is 1. The molecule has 0 saturated heterocycles. The molecule has 32 heavy (non-hydrogen) atoms. The lowest BCUT2D eigenvalue weighted by molar-refractivity contribution is 0.143. The second kappa shape index (κ2) is 10.0. The zero-order valence-corrected chi connectivity index (χ0v) is 17.9. The van der Waals surface area contributed by atoms with Gasteiger partial charge in [-0.3, -0.25) is 0 Å². The molecule has 0 aliphatic heterocycles. The fourth-order valence-electron chi connectivity index (χ4n) is 3.92. The number of halogens is 1. The van der Waals surface area contributed by atoms with Crippen molar-refractivity contribution in [2.75, 3.05) is 19.8 Å². The van der Waals surface area contributed by atoms with Gasteiger partial charge in [0.05, 0.1) is 12.2 Å². The maximum atomic E-state index is 13.5. The van der Waals surface area contributed by atoms with Crippen molar-refractivity contribution in [3.8, 4) is 28.7 Å². The zero-order valence-electron chi connectivity index (χ0n) is 17.9. The Kier molecular flexibility index (Phi) is 6.72. The summed E-state index contributed by atoms with van der Waals surface area (Å²) >= 11 is 0. The van der Waals surface area contributed by atoms with Gasteiger partial charge in [0.25, 0.3) is 0 Å². The number of alkyl carbamates (subject to hydrolysis) is 1. The second-order valence-corrected chi connectivity index (χ2v) is 7.38. The molecule has 1 aliphatic rings. The molecule has 0 unspecified atom stereocenters. The highest BCUT2D eigenvalue weighted by molar-refractivity contribution is 5.79. The van der Waals surface area contributed by atoms with E-state index in [0.717, 1.165) is 0 Å². The Morgan fingerprint density at radius 1 is 1.03 bits per heavy atom. The van der Waals surface area contributed by atoms with Gasteiger partial charge in [0.2, 0.25) is 0 Å². The minimum atomic E-state index is -0.477. The Morgan fingerprint density at radius 3 is 2.41 bits per heavy atom. The van der Waals surface area contributed by atoms with Gasteiger partial charge in [-0.25, -0.2) is 9.18 Å². The Labute approximate surface area is 187 Å². The zero-order chi connectivity index (χ0) is 22.3. The SMILES string of the molecule is CCOc1ccc(F)cc1C#CCCNC(=O)OCC1c2ccccc2-c2ccccc21. The van der Waals surface area contributed by atoms with E-state index in [1.165, 1.54) is 34.4 Å².